The molecule has 2 aliphatic rings. The number of piperazine rings is 1. The first-order chi connectivity index (χ1) is 14.2. The lowest BCUT2D eigenvalue weighted by atomic mass is 10.0. The Hall–Kier alpha value is -1.66. The highest BCUT2D eigenvalue weighted by atomic mass is 35.5. The van der Waals surface area contributed by atoms with Gasteiger partial charge in [-0.05, 0) is 50.7 Å². The van der Waals surface area contributed by atoms with Crippen molar-refractivity contribution in [2.75, 3.05) is 46.3 Å². The molecular formula is C23H31ClN4O. The van der Waals surface area contributed by atoms with Crippen molar-refractivity contribution < 1.29 is 4.74 Å². The van der Waals surface area contributed by atoms with Gasteiger partial charge in [-0.25, -0.2) is 0 Å². The van der Waals surface area contributed by atoms with Crippen LogP contribution in [0.1, 0.15) is 24.0 Å². The van der Waals surface area contributed by atoms with E-state index in [4.69, 9.17) is 16.3 Å². The molecule has 4 rings (SSSR count). The van der Waals surface area contributed by atoms with Crippen molar-refractivity contribution in [3.63, 3.8) is 0 Å². The summed E-state index contributed by atoms with van der Waals surface area (Å²) in [7, 11) is 2.24. The van der Waals surface area contributed by atoms with E-state index in [9.17, 15) is 0 Å². The zero-order chi connectivity index (χ0) is 20.1. The molecule has 2 saturated heterocycles. The summed E-state index contributed by atoms with van der Waals surface area (Å²) in [5, 5.41) is 0.762. The van der Waals surface area contributed by atoms with E-state index in [1.807, 2.05) is 36.5 Å². The predicted molar refractivity (Wildman–Crippen MR) is 117 cm³/mol. The summed E-state index contributed by atoms with van der Waals surface area (Å²) >= 11 is 6.29. The van der Waals surface area contributed by atoms with Crippen LogP contribution in [0, 0.1) is 0 Å². The third-order valence-corrected chi connectivity index (χ3v) is 6.29. The van der Waals surface area contributed by atoms with Gasteiger partial charge in [0.05, 0.1) is 0 Å². The molecule has 1 atom stereocenters. The van der Waals surface area contributed by atoms with E-state index in [2.05, 4.69) is 26.7 Å². The Bertz CT molecular complexity index is 780. The molecule has 0 radical (unpaired) electrons. The van der Waals surface area contributed by atoms with Crippen LogP contribution in [0.15, 0.2) is 42.7 Å². The number of benzene rings is 1. The van der Waals surface area contributed by atoms with E-state index < -0.39 is 0 Å². The Morgan fingerprint density at radius 1 is 1.14 bits per heavy atom. The van der Waals surface area contributed by atoms with Gasteiger partial charge in [-0.3, -0.25) is 14.8 Å². The van der Waals surface area contributed by atoms with E-state index >= 15 is 0 Å². The van der Waals surface area contributed by atoms with Crippen LogP contribution >= 0.6 is 11.6 Å². The maximum absolute atomic E-state index is 6.29. The maximum Gasteiger partial charge on any atom is 0.124 e. The van der Waals surface area contributed by atoms with E-state index in [-0.39, 0.29) is 0 Å². The van der Waals surface area contributed by atoms with E-state index in [1.165, 1.54) is 25.9 Å². The second kappa shape index (κ2) is 9.90. The average molecular weight is 415 g/mol. The quantitative estimate of drug-likeness (QED) is 0.722. The summed E-state index contributed by atoms with van der Waals surface area (Å²) in [5.41, 5.74) is 2.23. The maximum atomic E-state index is 6.29. The molecule has 156 valence electrons. The minimum absolute atomic E-state index is 0.519. The molecule has 0 aliphatic carbocycles. The first-order valence-corrected chi connectivity index (χ1v) is 11.0. The van der Waals surface area contributed by atoms with Crippen LogP contribution in [0.5, 0.6) is 5.75 Å². The normalized spacial score (nSPS) is 21.9. The summed E-state index contributed by atoms with van der Waals surface area (Å²) in [4.78, 5) is 11.8. The van der Waals surface area contributed by atoms with Gasteiger partial charge in [0.2, 0.25) is 0 Å². The minimum Gasteiger partial charge on any atom is -0.489 e. The molecule has 2 aliphatic heterocycles. The molecule has 2 aromatic rings. The Morgan fingerprint density at radius 3 is 2.76 bits per heavy atom. The molecule has 0 N–H and O–H groups in total. The third-order valence-electron chi connectivity index (χ3n) is 6.06. The number of pyridine rings is 1. The van der Waals surface area contributed by atoms with Gasteiger partial charge in [-0.15, -0.1) is 0 Å². The molecule has 1 aromatic carbocycles. The van der Waals surface area contributed by atoms with Crippen LogP contribution in [0.3, 0.4) is 0 Å². The number of halogens is 1. The van der Waals surface area contributed by atoms with Gasteiger partial charge in [-0.2, -0.15) is 0 Å². The van der Waals surface area contributed by atoms with Gasteiger partial charge in [0.1, 0.15) is 12.4 Å². The van der Waals surface area contributed by atoms with Crippen LogP contribution < -0.4 is 4.74 Å². The first-order valence-electron chi connectivity index (χ1n) is 10.6. The summed E-state index contributed by atoms with van der Waals surface area (Å²) < 4.78 is 6.11. The number of nitrogens with zero attached hydrogens (tertiary/aromatic N) is 4. The highest BCUT2D eigenvalue weighted by Gasteiger charge is 2.27. The number of likely N-dealkylation sites (tertiary alicyclic amines) is 1. The van der Waals surface area contributed by atoms with Gasteiger partial charge in [0.25, 0.3) is 0 Å². The molecular weight excluding hydrogens is 384 g/mol. The van der Waals surface area contributed by atoms with Crippen LogP contribution in [0.4, 0.5) is 0 Å². The molecule has 1 aromatic heterocycles. The number of aromatic nitrogens is 1. The molecule has 0 amide bonds. The lowest BCUT2D eigenvalue weighted by Gasteiger charge is -2.42. The van der Waals surface area contributed by atoms with Crippen molar-refractivity contribution in [1.29, 1.82) is 0 Å². The zero-order valence-electron chi connectivity index (χ0n) is 17.3. The van der Waals surface area contributed by atoms with Gasteiger partial charge in [0, 0.05) is 73.9 Å². The molecule has 6 heteroatoms. The topological polar surface area (TPSA) is 31.8 Å². The number of rotatable bonds is 6. The van der Waals surface area contributed by atoms with Crippen molar-refractivity contribution in [3.8, 4) is 5.75 Å². The number of hydrogen-bond acceptors (Lipinski definition) is 5. The largest absolute Gasteiger partial charge is 0.489 e. The zero-order valence-corrected chi connectivity index (χ0v) is 18.0. The summed E-state index contributed by atoms with van der Waals surface area (Å²) in [5.74, 6) is 0.912. The van der Waals surface area contributed by atoms with Gasteiger partial charge in [0.15, 0.2) is 0 Å². The fourth-order valence-electron chi connectivity index (χ4n) is 4.42. The molecule has 0 saturated carbocycles. The van der Waals surface area contributed by atoms with Crippen molar-refractivity contribution in [2.45, 2.75) is 32.0 Å². The van der Waals surface area contributed by atoms with E-state index in [1.54, 1.807) is 6.20 Å². The highest BCUT2D eigenvalue weighted by molar-refractivity contribution is 6.30. The van der Waals surface area contributed by atoms with Crippen LogP contribution in [0.25, 0.3) is 0 Å². The Kier molecular flexibility index (Phi) is 7.03. The summed E-state index contributed by atoms with van der Waals surface area (Å²) in [6.07, 6.45) is 6.28. The van der Waals surface area contributed by atoms with Crippen molar-refractivity contribution >= 4 is 11.6 Å². The molecule has 0 spiro atoms. The van der Waals surface area contributed by atoms with Crippen molar-refractivity contribution in [1.82, 2.24) is 19.7 Å². The van der Waals surface area contributed by atoms with Crippen LogP contribution in [-0.4, -0.2) is 72.0 Å². The number of likely N-dealkylation sites (N-methyl/N-ethyl adjacent to an activating group) is 1. The second-order valence-electron chi connectivity index (χ2n) is 8.27. The van der Waals surface area contributed by atoms with Gasteiger partial charge >= 0.3 is 0 Å². The second-order valence-corrected chi connectivity index (χ2v) is 8.71. The monoisotopic (exact) mass is 414 g/mol. The standard InChI is InChI=1S/C23H31ClN4O/c1-26-9-3-5-22(17-26)28-12-10-27(11-13-28)16-20-14-21(24)6-7-23(20)29-18-19-4-2-8-25-15-19/h2,4,6-8,14-15,22H,3,5,9-13,16-18H2,1H3. The van der Waals surface area contributed by atoms with Crippen LogP contribution in [-0.2, 0) is 13.2 Å². The number of ether oxygens (including phenoxy) is 1. The Labute approximate surface area is 179 Å². The molecule has 5 nitrogen and oxygen atoms in total. The summed E-state index contributed by atoms with van der Waals surface area (Å²) in [6, 6.07) is 10.6. The molecule has 29 heavy (non-hydrogen) atoms. The molecule has 2 fully saturated rings. The fraction of sp³-hybridized carbons (Fsp3) is 0.522. The Morgan fingerprint density at radius 2 is 2.00 bits per heavy atom. The highest BCUT2D eigenvalue weighted by Crippen LogP contribution is 2.26. The first kappa shape index (κ1) is 20.6. The lowest BCUT2D eigenvalue weighted by molar-refractivity contribution is 0.0565. The predicted octanol–water partition coefficient (Wildman–Crippen LogP) is 3.53. The smallest absolute Gasteiger partial charge is 0.124 e. The Balaban J connectivity index is 1.34. The van der Waals surface area contributed by atoms with Crippen molar-refractivity contribution in [2.24, 2.45) is 0 Å². The van der Waals surface area contributed by atoms with Gasteiger partial charge < -0.3 is 9.64 Å². The molecule has 3 heterocycles. The fourth-order valence-corrected chi connectivity index (χ4v) is 4.62. The lowest BCUT2D eigenvalue weighted by Crippen LogP contribution is -2.54. The average Bonchev–Trinajstić information content (AvgIpc) is 2.74. The van der Waals surface area contributed by atoms with E-state index in [0.717, 1.165) is 60.7 Å². The number of piperidine rings is 1. The van der Waals surface area contributed by atoms with Gasteiger partial charge in [-0.1, -0.05) is 17.7 Å². The van der Waals surface area contributed by atoms with Crippen molar-refractivity contribution in [3.05, 3.63) is 58.9 Å². The number of hydrogen-bond donors (Lipinski definition) is 0. The SMILES string of the molecule is CN1CCCC(N2CCN(Cc3cc(Cl)ccc3OCc3cccnc3)CC2)C1. The van der Waals surface area contributed by atoms with E-state index in [0.29, 0.717) is 6.61 Å². The summed E-state index contributed by atoms with van der Waals surface area (Å²) in [6.45, 7) is 8.32. The molecule has 1 unspecified atom stereocenters. The minimum atomic E-state index is 0.519. The van der Waals surface area contributed by atoms with Crippen LogP contribution in [0.2, 0.25) is 5.02 Å². The third kappa shape index (κ3) is 5.70. The molecule has 0 bridgehead atoms.